The van der Waals surface area contributed by atoms with Crippen molar-refractivity contribution in [3.05, 3.63) is 102 Å². The van der Waals surface area contributed by atoms with Crippen LogP contribution in [0.2, 0.25) is 0 Å². The molecule has 8 rings (SSSR count). The van der Waals surface area contributed by atoms with Crippen molar-refractivity contribution >= 4 is 40.7 Å². The Morgan fingerprint density at radius 2 is 1.60 bits per heavy atom. The van der Waals surface area contributed by atoms with Crippen molar-refractivity contribution in [1.82, 2.24) is 14.5 Å². The molecule has 1 aliphatic rings. The van der Waals surface area contributed by atoms with E-state index in [4.69, 9.17) is 23.8 Å². The Morgan fingerprint density at radius 1 is 0.833 bits per heavy atom. The average Bonchev–Trinajstić information content (AvgIpc) is 3.64. The molecule has 8 heteroatoms. The second-order valence-electron chi connectivity index (χ2n) is 11.0. The molecule has 0 bridgehead atoms. The highest BCUT2D eigenvalue weighted by Gasteiger charge is 2.41. The molecular weight excluding hydrogens is 525 g/mol. The van der Waals surface area contributed by atoms with Crippen molar-refractivity contribution in [2.24, 2.45) is 0 Å². The molecule has 4 aromatic carbocycles. The molecule has 0 radical (unpaired) electrons. The van der Waals surface area contributed by atoms with Crippen molar-refractivity contribution < 1.29 is 18.8 Å². The van der Waals surface area contributed by atoms with Crippen molar-refractivity contribution in [1.29, 1.82) is 0 Å². The molecule has 0 saturated carbocycles. The fourth-order valence-corrected chi connectivity index (χ4v) is 6.63. The molecule has 1 aliphatic carbocycles. The molecule has 42 heavy (non-hydrogen) atoms. The Bertz CT molecular complexity index is 2180. The van der Waals surface area contributed by atoms with Gasteiger partial charge in [-0.1, -0.05) is 86.6 Å². The molecule has 0 saturated heterocycles. The predicted octanol–water partition coefficient (Wildman–Crippen LogP) is 6.94. The van der Waals surface area contributed by atoms with Gasteiger partial charge in [-0.3, -0.25) is 4.57 Å². The van der Waals surface area contributed by atoms with Gasteiger partial charge in [0.05, 0.1) is 23.7 Å². The Kier molecular flexibility index (Phi) is 5.27. The van der Waals surface area contributed by atoms with Crippen molar-refractivity contribution in [2.75, 3.05) is 7.11 Å². The van der Waals surface area contributed by atoms with Gasteiger partial charge in [0.15, 0.2) is 11.2 Å². The minimum Gasteiger partial charge on any atom is -0.536 e. The molecule has 0 amide bonds. The van der Waals surface area contributed by atoms with Crippen LogP contribution in [0, 0.1) is 0 Å². The summed E-state index contributed by atoms with van der Waals surface area (Å²) in [5.74, 6) is 1.33. The molecule has 3 aromatic heterocycles. The van der Waals surface area contributed by atoms with Gasteiger partial charge >= 0.3 is 7.69 Å². The van der Waals surface area contributed by atoms with Crippen LogP contribution in [-0.4, -0.2) is 34.4 Å². The van der Waals surface area contributed by atoms with Gasteiger partial charge in [0, 0.05) is 21.9 Å². The van der Waals surface area contributed by atoms with Crippen LogP contribution in [-0.2, 0) is 5.41 Å². The predicted molar refractivity (Wildman–Crippen MR) is 166 cm³/mol. The number of fused-ring (bicyclic) bond motifs is 8. The molecule has 7 nitrogen and oxygen atoms in total. The number of aromatic nitrogens is 3. The van der Waals surface area contributed by atoms with E-state index in [-0.39, 0.29) is 5.41 Å². The minimum absolute atomic E-state index is 0.193. The Hall–Kier alpha value is -5.08. The first kappa shape index (κ1) is 24.7. The maximum absolute atomic E-state index is 9.42. The van der Waals surface area contributed by atoms with Crippen LogP contribution in [0.3, 0.4) is 0 Å². The monoisotopic (exact) mass is 551 g/mol. The van der Waals surface area contributed by atoms with Crippen molar-refractivity contribution in [3.8, 4) is 40.0 Å². The third-order valence-electron chi connectivity index (χ3n) is 8.42. The molecular formula is C34H26BN3O4. The van der Waals surface area contributed by atoms with Gasteiger partial charge in [-0.05, 0) is 29.3 Å². The van der Waals surface area contributed by atoms with Gasteiger partial charge in [-0.2, -0.15) is 0 Å². The molecule has 1 N–H and O–H groups in total. The van der Waals surface area contributed by atoms with Crippen LogP contribution >= 0.6 is 0 Å². The molecule has 3 heterocycles. The molecule has 0 spiro atoms. The normalized spacial score (nSPS) is 13.4. The lowest BCUT2D eigenvalue weighted by Crippen LogP contribution is -2.14. The minimum atomic E-state index is -0.481. The van der Waals surface area contributed by atoms with E-state index in [2.05, 4.69) is 66.9 Å². The number of hydrogen-bond acceptors (Lipinski definition) is 6. The largest absolute Gasteiger partial charge is 0.536 e. The van der Waals surface area contributed by atoms with E-state index in [1.807, 2.05) is 36.4 Å². The first-order chi connectivity index (χ1) is 20.5. The number of methoxy groups -OCH3 is 1. The van der Waals surface area contributed by atoms with Crippen LogP contribution < -0.4 is 9.39 Å². The lowest BCUT2D eigenvalue weighted by atomic mass is 9.81. The molecule has 0 aliphatic heterocycles. The molecule has 0 atom stereocenters. The van der Waals surface area contributed by atoms with E-state index in [0.717, 1.165) is 22.2 Å². The summed E-state index contributed by atoms with van der Waals surface area (Å²) in [6.07, 6.45) is 0. The zero-order chi connectivity index (χ0) is 28.6. The summed E-state index contributed by atoms with van der Waals surface area (Å²) >= 11 is 0. The number of rotatable bonds is 5. The lowest BCUT2D eigenvalue weighted by Gasteiger charge is -2.21. The standard InChI is InChI=1S/C34H26BN3O4/c1-34(2)23-15-9-7-13-20(23)29-26(34)21-14-8-10-16-24(21)38(29)33-36-27(19-11-5-4-6-12-19)32-28(37-33)22-17-18-25(42-35-39)31(40-3)30(22)41-32/h4-18,35,39H,1-3H3. The summed E-state index contributed by atoms with van der Waals surface area (Å²) in [6, 6.07) is 30.7. The summed E-state index contributed by atoms with van der Waals surface area (Å²) in [7, 11) is 1.07. The van der Waals surface area contributed by atoms with Gasteiger partial charge in [-0.15, -0.1) is 0 Å². The summed E-state index contributed by atoms with van der Waals surface area (Å²) < 4.78 is 19.8. The second-order valence-corrected chi connectivity index (χ2v) is 11.0. The summed E-state index contributed by atoms with van der Waals surface area (Å²) in [6.45, 7) is 4.57. The second kappa shape index (κ2) is 8.96. The van der Waals surface area contributed by atoms with Crippen LogP contribution in [0.4, 0.5) is 0 Å². The van der Waals surface area contributed by atoms with Crippen LogP contribution in [0.1, 0.15) is 25.0 Å². The van der Waals surface area contributed by atoms with Crippen molar-refractivity contribution in [3.63, 3.8) is 0 Å². The average molecular weight is 551 g/mol. The Morgan fingerprint density at radius 3 is 2.40 bits per heavy atom. The number of furan rings is 1. The highest BCUT2D eigenvalue weighted by molar-refractivity contribution is 6.18. The lowest BCUT2D eigenvalue weighted by molar-refractivity contribution is 0.380. The summed E-state index contributed by atoms with van der Waals surface area (Å²) in [5.41, 5.74) is 8.99. The Labute approximate surface area is 242 Å². The molecule has 7 aromatic rings. The molecule has 0 unspecified atom stereocenters. The molecule has 0 fully saturated rings. The van der Waals surface area contributed by atoms with Crippen LogP contribution in [0.25, 0.3) is 61.4 Å². The van der Waals surface area contributed by atoms with Gasteiger partial charge in [0.2, 0.25) is 11.7 Å². The summed E-state index contributed by atoms with van der Waals surface area (Å²) in [5, 5.41) is 11.4. The van der Waals surface area contributed by atoms with Gasteiger partial charge in [-0.25, -0.2) is 9.97 Å². The van der Waals surface area contributed by atoms with Gasteiger partial charge in [0.1, 0.15) is 17.0 Å². The van der Waals surface area contributed by atoms with E-state index in [1.54, 1.807) is 13.2 Å². The topological polar surface area (TPSA) is 82.5 Å². The maximum Gasteiger partial charge on any atom is 0.504 e. The summed E-state index contributed by atoms with van der Waals surface area (Å²) in [4.78, 5) is 10.4. The number of ether oxygens (including phenoxy) is 1. The highest BCUT2D eigenvalue weighted by atomic mass is 16.5. The fraction of sp³-hybridized carbons (Fsp3) is 0.118. The van der Waals surface area contributed by atoms with E-state index in [9.17, 15) is 5.02 Å². The maximum atomic E-state index is 9.42. The van der Waals surface area contributed by atoms with Crippen LogP contribution in [0.5, 0.6) is 11.5 Å². The zero-order valence-electron chi connectivity index (χ0n) is 23.4. The number of para-hydroxylation sites is 1. The van der Waals surface area contributed by atoms with E-state index in [1.165, 1.54) is 22.1 Å². The third-order valence-corrected chi connectivity index (χ3v) is 8.42. The third kappa shape index (κ3) is 3.27. The Balaban J connectivity index is 1.52. The fourth-order valence-electron chi connectivity index (χ4n) is 6.63. The number of nitrogens with zero attached hydrogens (tertiary/aromatic N) is 3. The van der Waals surface area contributed by atoms with Gasteiger partial charge in [0.25, 0.3) is 0 Å². The zero-order valence-corrected chi connectivity index (χ0v) is 23.4. The number of benzene rings is 4. The smallest absolute Gasteiger partial charge is 0.504 e. The van der Waals surface area contributed by atoms with Crippen molar-refractivity contribution in [2.45, 2.75) is 19.3 Å². The van der Waals surface area contributed by atoms with Crippen LogP contribution in [0.15, 0.2) is 95.4 Å². The first-order valence-corrected chi connectivity index (χ1v) is 13.9. The first-order valence-electron chi connectivity index (χ1n) is 13.9. The molecule has 204 valence electrons. The van der Waals surface area contributed by atoms with E-state index in [0.29, 0.717) is 39.8 Å². The highest BCUT2D eigenvalue weighted by Crippen LogP contribution is 2.53. The van der Waals surface area contributed by atoms with E-state index < -0.39 is 7.69 Å². The van der Waals surface area contributed by atoms with Gasteiger partial charge < -0.3 is 18.8 Å². The number of hydrogen-bond donors (Lipinski definition) is 1. The quantitative estimate of drug-likeness (QED) is 0.234. The SMILES string of the molecule is COc1c(OBO)ccc2c1oc1c(-c3ccccc3)nc(-n3c4c(c5ccccc53)C(C)(C)c3ccccc3-4)nc12. The van der Waals surface area contributed by atoms with E-state index >= 15 is 0 Å².